The normalized spacial score (nSPS) is 51.3. The van der Waals surface area contributed by atoms with Gasteiger partial charge in [0.1, 0.15) is 6.10 Å². The van der Waals surface area contributed by atoms with Gasteiger partial charge in [0.25, 0.3) is 0 Å². The minimum atomic E-state index is -0.143. The van der Waals surface area contributed by atoms with Crippen molar-refractivity contribution in [1.82, 2.24) is 0 Å². The van der Waals surface area contributed by atoms with E-state index < -0.39 is 0 Å². The van der Waals surface area contributed by atoms with Crippen LogP contribution in [0.15, 0.2) is 12.2 Å². The Balaban J connectivity index is 1.50. The Labute approximate surface area is 219 Å². The second-order valence-corrected chi connectivity index (χ2v) is 15.1. The zero-order valence-electron chi connectivity index (χ0n) is 23.9. The van der Waals surface area contributed by atoms with Gasteiger partial charge in [0.2, 0.25) is 0 Å². The maximum atomic E-state index is 11.9. The molecule has 0 radical (unpaired) electrons. The lowest BCUT2D eigenvalue weighted by Gasteiger charge is -2.73. The number of carbonyl (C=O) groups is 1. The topological polar surface area (TPSA) is 66.8 Å². The molecule has 0 saturated heterocycles. The summed E-state index contributed by atoms with van der Waals surface area (Å²) >= 11 is 0. The molecule has 0 aromatic heterocycles. The fourth-order valence-corrected chi connectivity index (χ4v) is 12.0. The van der Waals surface area contributed by atoms with Crippen LogP contribution in [0.4, 0.5) is 0 Å². The van der Waals surface area contributed by atoms with Crippen molar-refractivity contribution in [3.05, 3.63) is 12.2 Å². The molecule has 2 N–H and O–H groups in total. The van der Waals surface area contributed by atoms with Gasteiger partial charge in [-0.05, 0) is 121 Å². The van der Waals surface area contributed by atoms with Gasteiger partial charge in [-0.3, -0.25) is 4.79 Å². The number of hydrogen-bond acceptors (Lipinski definition) is 4. The quantitative estimate of drug-likeness (QED) is 0.340. The van der Waals surface area contributed by atoms with Crippen LogP contribution in [-0.2, 0) is 9.53 Å². The largest absolute Gasteiger partial charge is 0.462 e. The smallest absolute Gasteiger partial charge is 0.302 e. The van der Waals surface area contributed by atoms with Crippen LogP contribution < -0.4 is 0 Å². The average molecular weight is 501 g/mol. The van der Waals surface area contributed by atoms with Crippen molar-refractivity contribution >= 4 is 5.97 Å². The summed E-state index contributed by atoms with van der Waals surface area (Å²) in [6.07, 6.45) is 11.5. The molecule has 0 amide bonds. The first-order chi connectivity index (χ1) is 16.8. The van der Waals surface area contributed by atoms with Crippen molar-refractivity contribution in [3.63, 3.8) is 0 Å². The van der Waals surface area contributed by atoms with E-state index in [-0.39, 0.29) is 52.4 Å². The van der Waals surface area contributed by atoms with E-state index in [9.17, 15) is 15.0 Å². The van der Waals surface area contributed by atoms with E-state index in [1.54, 1.807) is 6.92 Å². The van der Waals surface area contributed by atoms with Gasteiger partial charge in [-0.1, -0.05) is 41.2 Å². The average Bonchev–Trinajstić information content (AvgIpc) is 3.21. The lowest BCUT2D eigenvalue weighted by Crippen LogP contribution is -2.67. The molecule has 4 unspecified atom stereocenters. The van der Waals surface area contributed by atoms with Crippen LogP contribution in [0.25, 0.3) is 0 Å². The van der Waals surface area contributed by atoms with Crippen molar-refractivity contribution in [2.75, 3.05) is 13.2 Å². The Kier molecular flexibility index (Phi) is 6.36. The fraction of sp³-hybridized carbons (Fsp3) is 0.906. The van der Waals surface area contributed by atoms with Crippen LogP contribution in [0, 0.1) is 56.7 Å². The van der Waals surface area contributed by atoms with Crippen LogP contribution in [-0.4, -0.2) is 35.5 Å². The lowest BCUT2D eigenvalue weighted by atomic mass is 9.32. The van der Waals surface area contributed by atoms with E-state index >= 15 is 0 Å². The first-order valence-electron chi connectivity index (χ1n) is 14.9. The predicted molar refractivity (Wildman–Crippen MR) is 143 cm³/mol. The van der Waals surface area contributed by atoms with E-state index in [0.717, 1.165) is 37.7 Å². The number of aliphatic hydroxyl groups excluding tert-OH is 2. The Hall–Kier alpha value is -0.870. The van der Waals surface area contributed by atoms with Gasteiger partial charge in [0.05, 0.1) is 6.61 Å². The zero-order valence-corrected chi connectivity index (χ0v) is 23.9. The first kappa shape index (κ1) is 26.7. The summed E-state index contributed by atoms with van der Waals surface area (Å²) in [5.74, 6) is 2.47. The van der Waals surface area contributed by atoms with Crippen molar-refractivity contribution in [2.45, 2.75) is 112 Å². The molecule has 5 aliphatic carbocycles. The first-order valence-corrected chi connectivity index (χ1v) is 14.9. The van der Waals surface area contributed by atoms with E-state index in [1.807, 2.05) is 0 Å². The molecule has 5 saturated carbocycles. The van der Waals surface area contributed by atoms with Crippen molar-refractivity contribution < 1.29 is 19.7 Å². The highest BCUT2D eigenvalue weighted by molar-refractivity contribution is 5.66. The highest BCUT2D eigenvalue weighted by Gasteiger charge is 2.71. The molecule has 0 aromatic rings. The van der Waals surface area contributed by atoms with Crippen LogP contribution in [0.1, 0.15) is 106 Å². The molecular formula is C32H52O4. The standard InChI is InChI=1S/C32H52O4/c1-20(18-33)22-10-15-32(19-34)17-16-30(6)23(27(22)32)8-9-25-29(5)13-12-26(36-21(2)35)28(3,4)24(29)11-14-31(25,30)7/h22-27,33-34H,1,8-19H2,2-7H3/t22-,23?,24?,25?,26+,27?,29-,30+,31+,32+/m0/s1. The molecule has 0 aromatic carbocycles. The number of rotatable bonds is 4. The molecular weight excluding hydrogens is 448 g/mol. The number of aliphatic hydroxyl groups is 2. The third-order valence-corrected chi connectivity index (χ3v) is 13.9. The zero-order chi connectivity index (χ0) is 26.3. The number of hydrogen-bond donors (Lipinski definition) is 2. The lowest BCUT2D eigenvalue weighted by molar-refractivity contribution is -0.251. The fourth-order valence-electron chi connectivity index (χ4n) is 12.0. The van der Waals surface area contributed by atoms with Crippen molar-refractivity contribution in [2.24, 2.45) is 56.7 Å². The monoisotopic (exact) mass is 500 g/mol. The second kappa shape index (κ2) is 8.57. The molecule has 0 bridgehead atoms. The van der Waals surface area contributed by atoms with Crippen molar-refractivity contribution in [3.8, 4) is 0 Å². The Morgan fingerprint density at radius 3 is 2.22 bits per heavy atom. The molecule has 4 nitrogen and oxygen atoms in total. The Bertz CT molecular complexity index is 910. The molecule has 0 spiro atoms. The summed E-state index contributed by atoms with van der Waals surface area (Å²) in [7, 11) is 0. The maximum Gasteiger partial charge on any atom is 0.302 e. The van der Waals surface area contributed by atoms with Gasteiger partial charge < -0.3 is 14.9 Å². The maximum absolute atomic E-state index is 11.9. The summed E-state index contributed by atoms with van der Waals surface area (Å²) in [5, 5.41) is 20.7. The molecule has 10 atom stereocenters. The SMILES string of the molecule is C=C(CO)[C@@H]1CC[C@]2(CO)CC[C@]3(C)C(CCC4[C@@]5(C)CC[C@@H](OC(C)=O)C(C)(C)C5CC[C@]43C)C12. The molecule has 0 aliphatic heterocycles. The minimum absolute atomic E-state index is 0.00816. The molecule has 36 heavy (non-hydrogen) atoms. The summed E-state index contributed by atoms with van der Waals surface area (Å²) in [6.45, 7) is 18.8. The highest BCUT2D eigenvalue weighted by atomic mass is 16.5. The minimum Gasteiger partial charge on any atom is -0.462 e. The molecule has 4 heteroatoms. The van der Waals surface area contributed by atoms with E-state index in [0.29, 0.717) is 29.6 Å². The number of esters is 1. The van der Waals surface area contributed by atoms with Crippen LogP contribution >= 0.6 is 0 Å². The molecule has 0 heterocycles. The predicted octanol–water partition coefficient (Wildman–Crippen LogP) is 6.54. The molecule has 5 aliphatic rings. The van der Waals surface area contributed by atoms with E-state index in [1.165, 1.54) is 32.1 Å². The van der Waals surface area contributed by atoms with E-state index in [4.69, 9.17) is 4.74 Å². The van der Waals surface area contributed by atoms with Crippen LogP contribution in [0.3, 0.4) is 0 Å². The van der Waals surface area contributed by atoms with Gasteiger partial charge in [0.15, 0.2) is 0 Å². The highest BCUT2D eigenvalue weighted by Crippen LogP contribution is 2.77. The Morgan fingerprint density at radius 2 is 1.58 bits per heavy atom. The summed E-state index contributed by atoms with van der Waals surface area (Å²) < 4.78 is 5.89. The summed E-state index contributed by atoms with van der Waals surface area (Å²) in [4.78, 5) is 11.9. The number of ether oxygens (including phenoxy) is 1. The van der Waals surface area contributed by atoms with Gasteiger partial charge >= 0.3 is 5.97 Å². The van der Waals surface area contributed by atoms with E-state index in [2.05, 4.69) is 41.2 Å². The third kappa shape index (κ3) is 3.34. The van der Waals surface area contributed by atoms with Gasteiger partial charge in [0, 0.05) is 18.9 Å². The van der Waals surface area contributed by atoms with Crippen molar-refractivity contribution in [1.29, 1.82) is 0 Å². The molecule has 5 fully saturated rings. The summed E-state index contributed by atoms with van der Waals surface area (Å²) in [5.41, 5.74) is 1.76. The van der Waals surface area contributed by atoms with Crippen LogP contribution in [0.2, 0.25) is 0 Å². The number of fused-ring (bicyclic) bond motifs is 7. The molecule has 204 valence electrons. The van der Waals surface area contributed by atoms with Gasteiger partial charge in [-0.15, -0.1) is 0 Å². The summed E-state index contributed by atoms with van der Waals surface area (Å²) in [6, 6.07) is 0. The Morgan fingerprint density at radius 1 is 0.861 bits per heavy atom. The van der Waals surface area contributed by atoms with Crippen LogP contribution in [0.5, 0.6) is 0 Å². The van der Waals surface area contributed by atoms with Gasteiger partial charge in [-0.25, -0.2) is 0 Å². The second-order valence-electron chi connectivity index (χ2n) is 15.1. The molecule has 5 rings (SSSR count). The van der Waals surface area contributed by atoms with Gasteiger partial charge in [-0.2, -0.15) is 0 Å². The third-order valence-electron chi connectivity index (χ3n) is 13.9. The number of carbonyl (C=O) groups excluding carboxylic acids is 1.